The van der Waals surface area contributed by atoms with E-state index in [1.165, 1.54) is 23.9 Å². The minimum Gasteiger partial charge on any atom is -0.394 e. The highest BCUT2D eigenvalue weighted by molar-refractivity contribution is 8.00. The molecular formula is C20H23FN2O3S. The molecule has 144 valence electrons. The average Bonchev–Trinajstić information content (AvgIpc) is 2.62. The molecule has 2 aromatic carbocycles. The summed E-state index contributed by atoms with van der Waals surface area (Å²) in [4.78, 5) is 24.8. The molecule has 7 heteroatoms. The van der Waals surface area contributed by atoms with Crippen LogP contribution in [0.3, 0.4) is 0 Å². The van der Waals surface area contributed by atoms with Crippen LogP contribution in [0, 0.1) is 5.82 Å². The summed E-state index contributed by atoms with van der Waals surface area (Å²) in [7, 11) is 0. The van der Waals surface area contributed by atoms with Crippen LogP contribution in [0.1, 0.15) is 19.4 Å². The lowest BCUT2D eigenvalue weighted by atomic mass is 10.1. The van der Waals surface area contributed by atoms with Crippen LogP contribution in [0.2, 0.25) is 0 Å². The van der Waals surface area contributed by atoms with Crippen molar-refractivity contribution in [2.75, 3.05) is 17.7 Å². The molecule has 0 spiro atoms. The highest BCUT2D eigenvalue weighted by Gasteiger charge is 2.18. The summed E-state index contributed by atoms with van der Waals surface area (Å²) in [6, 6.07) is 13.0. The lowest BCUT2D eigenvalue weighted by Crippen LogP contribution is -2.46. The molecule has 0 saturated carbocycles. The Kier molecular flexibility index (Phi) is 7.38. The predicted octanol–water partition coefficient (Wildman–Crippen LogP) is 2.99. The van der Waals surface area contributed by atoms with Crippen LogP contribution in [0.15, 0.2) is 53.4 Å². The van der Waals surface area contributed by atoms with E-state index < -0.39 is 5.54 Å². The van der Waals surface area contributed by atoms with Crippen LogP contribution in [0.5, 0.6) is 0 Å². The second-order valence-corrected chi connectivity index (χ2v) is 7.80. The Hall–Kier alpha value is -2.38. The number of thioether (sulfide) groups is 1. The van der Waals surface area contributed by atoms with E-state index in [2.05, 4.69) is 10.6 Å². The summed E-state index contributed by atoms with van der Waals surface area (Å²) in [5, 5.41) is 14.7. The van der Waals surface area contributed by atoms with Gasteiger partial charge in [0.05, 0.1) is 24.3 Å². The number of carbonyl (C=O) groups is 2. The smallest absolute Gasteiger partial charge is 0.234 e. The van der Waals surface area contributed by atoms with Gasteiger partial charge in [-0.2, -0.15) is 0 Å². The minimum absolute atomic E-state index is 0.139. The Morgan fingerprint density at radius 2 is 1.67 bits per heavy atom. The maximum atomic E-state index is 12.9. The van der Waals surface area contributed by atoms with Crippen LogP contribution in [0.25, 0.3) is 0 Å². The number of amides is 2. The quantitative estimate of drug-likeness (QED) is 0.606. The van der Waals surface area contributed by atoms with Gasteiger partial charge >= 0.3 is 0 Å². The fourth-order valence-corrected chi connectivity index (χ4v) is 2.93. The normalized spacial score (nSPS) is 11.1. The van der Waals surface area contributed by atoms with Crippen molar-refractivity contribution in [3.63, 3.8) is 0 Å². The largest absolute Gasteiger partial charge is 0.394 e. The molecule has 0 unspecified atom stereocenters. The molecule has 0 aliphatic heterocycles. The van der Waals surface area contributed by atoms with Gasteiger partial charge in [0.25, 0.3) is 0 Å². The van der Waals surface area contributed by atoms with Gasteiger partial charge in [0.15, 0.2) is 0 Å². The Labute approximate surface area is 162 Å². The molecule has 3 N–H and O–H groups in total. The Balaban J connectivity index is 1.81. The zero-order chi connectivity index (χ0) is 19.9. The van der Waals surface area contributed by atoms with E-state index in [9.17, 15) is 19.1 Å². The van der Waals surface area contributed by atoms with Gasteiger partial charge in [-0.25, -0.2) is 4.39 Å². The zero-order valence-corrected chi connectivity index (χ0v) is 16.1. The van der Waals surface area contributed by atoms with Crippen LogP contribution >= 0.6 is 11.8 Å². The number of benzene rings is 2. The second kappa shape index (κ2) is 9.53. The number of halogens is 1. The number of anilines is 1. The van der Waals surface area contributed by atoms with Crippen LogP contribution in [-0.2, 0) is 16.0 Å². The Morgan fingerprint density at radius 1 is 1.04 bits per heavy atom. The van der Waals surface area contributed by atoms with Crippen molar-refractivity contribution in [1.29, 1.82) is 0 Å². The zero-order valence-electron chi connectivity index (χ0n) is 15.3. The van der Waals surface area contributed by atoms with E-state index in [-0.39, 0.29) is 36.4 Å². The third-order valence-corrected chi connectivity index (χ3v) is 4.67. The fraction of sp³-hybridized carbons (Fsp3) is 0.300. The number of rotatable bonds is 8. The first-order valence-corrected chi connectivity index (χ1v) is 9.45. The van der Waals surface area contributed by atoms with Gasteiger partial charge in [0.2, 0.25) is 11.8 Å². The van der Waals surface area contributed by atoms with E-state index in [1.54, 1.807) is 50.2 Å². The summed E-state index contributed by atoms with van der Waals surface area (Å²) in [6.07, 6.45) is 0.193. The number of carbonyl (C=O) groups excluding carboxylic acids is 2. The molecule has 0 saturated heterocycles. The molecular weight excluding hydrogens is 367 g/mol. The van der Waals surface area contributed by atoms with E-state index in [4.69, 9.17) is 0 Å². The van der Waals surface area contributed by atoms with Crippen molar-refractivity contribution in [3.8, 4) is 0 Å². The predicted molar refractivity (Wildman–Crippen MR) is 105 cm³/mol. The standard InChI is InChI=1S/C20H23FN2O3S/c1-20(2,13-24)23-18(25)11-14-3-7-16(8-4-14)22-19(26)12-27-17-9-5-15(21)6-10-17/h3-10,24H,11-13H2,1-2H3,(H,22,26)(H,23,25). The Bertz CT molecular complexity index is 777. The van der Waals surface area contributed by atoms with Gasteiger partial charge in [-0.3, -0.25) is 9.59 Å². The maximum absolute atomic E-state index is 12.9. The van der Waals surface area contributed by atoms with Crippen molar-refractivity contribution >= 4 is 29.3 Å². The topological polar surface area (TPSA) is 78.4 Å². The summed E-state index contributed by atoms with van der Waals surface area (Å²) in [6.45, 7) is 3.35. The minimum atomic E-state index is -0.660. The summed E-state index contributed by atoms with van der Waals surface area (Å²) in [5.41, 5.74) is 0.784. The molecule has 0 fully saturated rings. The van der Waals surface area contributed by atoms with Crippen molar-refractivity contribution < 1.29 is 19.1 Å². The first-order valence-electron chi connectivity index (χ1n) is 8.46. The van der Waals surface area contributed by atoms with E-state index in [0.29, 0.717) is 5.69 Å². The molecule has 0 bridgehead atoms. The van der Waals surface area contributed by atoms with E-state index >= 15 is 0 Å². The molecule has 0 radical (unpaired) electrons. The molecule has 0 atom stereocenters. The molecule has 0 heterocycles. The van der Waals surface area contributed by atoms with Gasteiger partial charge in [0.1, 0.15) is 5.82 Å². The van der Waals surface area contributed by atoms with E-state index in [0.717, 1.165) is 10.5 Å². The fourth-order valence-electron chi connectivity index (χ4n) is 2.23. The lowest BCUT2D eigenvalue weighted by Gasteiger charge is -2.23. The number of hydrogen-bond donors (Lipinski definition) is 3. The molecule has 2 amide bonds. The molecule has 0 aromatic heterocycles. The van der Waals surface area contributed by atoms with Crippen LogP contribution < -0.4 is 10.6 Å². The van der Waals surface area contributed by atoms with Gasteiger partial charge in [0, 0.05) is 10.6 Å². The molecule has 0 aliphatic rings. The van der Waals surface area contributed by atoms with Crippen LogP contribution in [-0.4, -0.2) is 34.8 Å². The lowest BCUT2D eigenvalue weighted by molar-refractivity contribution is -0.122. The van der Waals surface area contributed by atoms with Crippen molar-refractivity contribution in [1.82, 2.24) is 5.32 Å². The van der Waals surface area contributed by atoms with E-state index in [1.807, 2.05) is 0 Å². The van der Waals surface area contributed by atoms with Crippen molar-refractivity contribution in [2.45, 2.75) is 30.7 Å². The molecule has 2 aromatic rings. The van der Waals surface area contributed by atoms with Gasteiger partial charge in [-0.15, -0.1) is 11.8 Å². The third-order valence-electron chi connectivity index (χ3n) is 3.66. The second-order valence-electron chi connectivity index (χ2n) is 6.75. The van der Waals surface area contributed by atoms with Gasteiger partial charge in [-0.1, -0.05) is 12.1 Å². The molecule has 0 aliphatic carbocycles. The molecule has 5 nitrogen and oxygen atoms in total. The molecule has 2 rings (SSSR count). The van der Waals surface area contributed by atoms with Crippen molar-refractivity contribution in [3.05, 3.63) is 59.9 Å². The average molecular weight is 390 g/mol. The monoisotopic (exact) mass is 390 g/mol. The number of aliphatic hydroxyl groups is 1. The number of aliphatic hydroxyl groups excluding tert-OH is 1. The van der Waals surface area contributed by atoms with Gasteiger partial charge in [-0.05, 0) is 55.8 Å². The number of hydrogen-bond acceptors (Lipinski definition) is 4. The van der Waals surface area contributed by atoms with Crippen molar-refractivity contribution in [2.24, 2.45) is 0 Å². The highest BCUT2D eigenvalue weighted by Crippen LogP contribution is 2.18. The van der Waals surface area contributed by atoms with Gasteiger partial charge < -0.3 is 15.7 Å². The maximum Gasteiger partial charge on any atom is 0.234 e. The molecule has 27 heavy (non-hydrogen) atoms. The highest BCUT2D eigenvalue weighted by atomic mass is 32.2. The first-order chi connectivity index (χ1) is 12.8. The summed E-state index contributed by atoms with van der Waals surface area (Å²) < 4.78 is 12.9. The third kappa shape index (κ3) is 7.40. The first kappa shape index (κ1) is 20.9. The Morgan fingerprint density at radius 3 is 2.26 bits per heavy atom. The summed E-state index contributed by atoms with van der Waals surface area (Å²) in [5.74, 6) is -0.440. The summed E-state index contributed by atoms with van der Waals surface area (Å²) >= 11 is 1.32. The number of nitrogens with one attached hydrogen (secondary N) is 2. The SMILES string of the molecule is CC(C)(CO)NC(=O)Cc1ccc(NC(=O)CSc2ccc(F)cc2)cc1. The van der Waals surface area contributed by atoms with Crippen LogP contribution in [0.4, 0.5) is 10.1 Å².